The van der Waals surface area contributed by atoms with Crippen LogP contribution in [0.25, 0.3) is 10.2 Å². The van der Waals surface area contributed by atoms with Crippen LogP contribution in [0.15, 0.2) is 48.5 Å². The maximum absolute atomic E-state index is 12.8. The summed E-state index contributed by atoms with van der Waals surface area (Å²) in [5.41, 5.74) is 3.82. The highest BCUT2D eigenvalue weighted by molar-refractivity contribution is 7.18. The van der Waals surface area contributed by atoms with Crippen LogP contribution >= 0.6 is 11.3 Å². The van der Waals surface area contributed by atoms with Crippen molar-refractivity contribution in [2.45, 2.75) is 25.9 Å². The van der Waals surface area contributed by atoms with E-state index < -0.39 is 0 Å². The van der Waals surface area contributed by atoms with Crippen LogP contribution in [0.5, 0.6) is 0 Å². The molecule has 1 aliphatic heterocycles. The van der Waals surface area contributed by atoms with Gasteiger partial charge in [-0.3, -0.25) is 4.79 Å². The second kappa shape index (κ2) is 7.17. The number of para-hydroxylation sites is 1. The molecule has 0 fully saturated rings. The van der Waals surface area contributed by atoms with Gasteiger partial charge in [-0.2, -0.15) is 0 Å². The zero-order chi connectivity index (χ0) is 18.1. The summed E-state index contributed by atoms with van der Waals surface area (Å²) in [5, 5.41) is 1.00. The molecule has 4 rings (SSSR count). The van der Waals surface area contributed by atoms with Crippen LogP contribution in [0.3, 0.4) is 0 Å². The Morgan fingerprint density at radius 1 is 1.19 bits per heavy atom. The molecule has 0 saturated heterocycles. The minimum atomic E-state index is -0.00335. The number of thiazole rings is 1. The van der Waals surface area contributed by atoms with Crippen LogP contribution in [0.2, 0.25) is 0 Å². The summed E-state index contributed by atoms with van der Waals surface area (Å²) in [7, 11) is 1.90. The Balaban J connectivity index is 1.43. The molecule has 2 aromatic carbocycles. The first-order valence-electron chi connectivity index (χ1n) is 9.13. The summed E-state index contributed by atoms with van der Waals surface area (Å²) >= 11 is 1.68. The number of fused-ring (bicyclic) bond motifs is 2. The van der Waals surface area contributed by atoms with Crippen LogP contribution in [-0.4, -0.2) is 35.9 Å². The fraction of sp³-hybridized carbons (Fsp3) is 0.333. The van der Waals surface area contributed by atoms with Crippen LogP contribution < -0.4 is 4.90 Å². The summed E-state index contributed by atoms with van der Waals surface area (Å²) in [6.45, 7) is 4.56. The van der Waals surface area contributed by atoms with E-state index in [1.54, 1.807) is 11.3 Å². The number of aromatic nitrogens is 1. The van der Waals surface area contributed by atoms with E-state index >= 15 is 0 Å². The molecule has 0 saturated carbocycles. The number of hydrogen-bond acceptors (Lipinski definition) is 3. The van der Waals surface area contributed by atoms with E-state index in [1.807, 2.05) is 30.1 Å². The highest BCUT2D eigenvalue weighted by Crippen LogP contribution is 2.28. The lowest BCUT2D eigenvalue weighted by Gasteiger charge is -2.29. The van der Waals surface area contributed by atoms with Crippen molar-refractivity contribution in [2.24, 2.45) is 0 Å². The predicted octanol–water partition coefficient (Wildman–Crippen LogP) is 2.46. The molecule has 1 amide bonds. The number of benzene rings is 2. The van der Waals surface area contributed by atoms with E-state index in [2.05, 4.69) is 37.3 Å². The van der Waals surface area contributed by atoms with Crippen molar-refractivity contribution in [3.05, 3.63) is 64.7 Å². The molecule has 1 aliphatic rings. The van der Waals surface area contributed by atoms with Gasteiger partial charge in [0.05, 0.1) is 22.8 Å². The zero-order valence-electron chi connectivity index (χ0n) is 15.2. The number of hydrogen-bond donors (Lipinski definition) is 1. The van der Waals surface area contributed by atoms with Crippen molar-refractivity contribution in [3.8, 4) is 0 Å². The normalized spacial score (nSPS) is 17.7. The third kappa shape index (κ3) is 3.37. The number of rotatable bonds is 4. The zero-order valence-corrected chi connectivity index (χ0v) is 16.1. The highest BCUT2D eigenvalue weighted by Gasteiger charge is 2.26. The predicted molar refractivity (Wildman–Crippen MR) is 105 cm³/mol. The molecule has 1 unspecified atom stereocenters. The van der Waals surface area contributed by atoms with Crippen LogP contribution in [0.1, 0.15) is 29.1 Å². The molecule has 1 aromatic heterocycles. The minimum absolute atomic E-state index is 0.00335. The van der Waals surface area contributed by atoms with Crippen LogP contribution in [-0.2, 0) is 17.8 Å². The number of quaternary nitrogens is 1. The number of amides is 1. The second-order valence-electron chi connectivity index (χ2n) is 7.07. The van der Waals surface area contributed by atoms with Gasteiger partial charge in [0.25, 0.3) is 5.91 Å². The largest absolute Gasteiger partial charge is 0.332 e. The molecule has 2 heterocycles. The molecular formula is C21H24N3OS+. The van der Waals surface area contributed by atoms with Gasteiger partial charge in [0, 0.05) is 19.0 Å². The molecule has 1 N–H and O–H groups in total. The number of nitrogens with zero attached hydrogens (tertiary/aromatic N) is 2. The van der Waals surface area contributed by atoms with Crippen molar-refractivity contribution >= 4 is 27.5 Å². The van der Waals surface area contributed by atoms with Crippen molar-refractivity contribution in [2.75, 3.05) is 20.1 Å². The molecule has 0 bridgehead atoms. The van der Waals surface area contributed by atoms with E-state index in [4.69, 9.17) is 4.98 Å². The summed E-state index contributed by atoms with van der Waals surface area (Å²) in [5.74, 6) is 0.186. The van der Waals surface area contributed by atoms with Crippen molar-refractivity contribution in [1.82, 2.24) is 9.88 Å². The molecule has 134 valence electrons. The van der Waals surface area contributed by atoms with Crippen molar-refractivity contribution < 1.29 is 9.69 Å². The summed E-state index contributed by atoms with van der Waals surface area (Å²) in [6.07, 6.45) is 1.05. The Morgan fingerprint density at radius 2 is 1.92 bits per heavy atom. The summed E-state index contributed by atoms with van der Waals surface area (Å²) in [4.78, 5) is 20.7. The smallest absolute Gasteiger partial charge is 0.278 e. The van der Waals surface area contributed by atoms with Gasteiger partial charge < -0.3 is 9.80 Å². The Kier molecular flexibility index (Phi) is 4.74. The van der Waals surface area contributed by atoms with Crippen LogP contribution in [0, 0.1) is 0 Å². The van der Waals surface area contributed by atoms with Gasteiger partial charge in [-0.05, 0) is 24.6 Å². The van der Waals surface area contributed by atoms with Gasteiger partial charge >= 0.3 is 0 Å². The third-order valence-corrected chi connectivity index (χ3v) is 6.56. The summed E-state index contributed by atoms with van der Waals surface area (Å²) < 4.78 is 1.17. The molecule has 0 aliphatic carbocycles. The first-order chi connectivity index (χ1) is 12.6. The van der Waals surface area contributed by atoms with E-state index in [0.717, 1.165) is 30.0 Å². The Morgan fingerprint density at radius 3 is 2.73 bits per heavy atom. The molecule has 3 aromatic rings. The van der Waals surface area contributed by atoms with Crippen molar-refractivity contribution in [1.29, 1.82) is 0 Å². The van der Waals surface area contributed by atoms with Gasteiger partial charge in [0.2, 0.25) is 0 Å². The van der Waals surface area contributed by atoms with Gasteiger partial charge in [-0.25, -0.2) is 4.98 Å². The van der Waals surface area contributed by atoms with E-state index in [9.17, 15) is 4.79 Å². The molecule has 4 nitrogen and oxygen atoms in total. The number of likely N-dealkylation sites (N-methyl/N-ethyl adjacent to an activating group) is 1. The SMILES string of the molecule is C[C@@H](c1nc2ccccc2s1)N(C)C(=O)C[NH+]1CCc2ccccc2C1. The Bertz CT molecular complexity index is 903. The average Bonchev–Trinajstić information content (AvgIpc) is 3.11. The molecule has 0 spiro atoms. The molecule has 2 atom stereocenters. The van der Waals surface area contributed by atoms with Crippen molar-refractivity contribution in [3.63, 3.8) is 0 Å². The number of carbonyl (C=O) groups excluding carboxylic acids is 1. The lowest BCUT2D eigenvalue weighted by atomic mass is 10.00. The minimum Gasteiger partial charge on any atom is -0.332 e. The maximum Gasteiger partial charge on any atom is 0.278 e. The lowest BCUT2D eigenvalue weighted by Crippen LogP contribution is -3.12. The molecule has 5 heteroatoms. The van der Waals surface area contributed by atoms with Gasteiger partial charge in [-0.15, -0.1) is 11.3 Å². The first kappa shape index (κ1) is 17.2. The number of nitrogens with one attached hydrogen (secondary N) is 1. The topological polar surface area (TPSA) is 37.6 Å². The Hall–Kier alpha value is -2.24. The first-order valence-corrected chi connectivity index (χ1v) is 9.95. The molecular weight excluding hydrogens is 342 g/mol. The standard InChI is InChI=1S/C21H23N3OS/c1-15(21-22-18-9-5-6-10-19(18)26-21)23(2)20(25)14-24-12-11-16-7-3-4-8-17(16)13-24/h3-10,15H,11-14H2,1-2H3/p+1/t15-/m0/s1. The number of carbonyl (C=O) groups is 1. The van der Waals surface area contributed by atoms with Gasteiger partial charge in [0.15, 0.2) is 6.54 Å². The fourth-order valence-electron chi connectivity index (χ4n) is 3.58. The second-order valence-corrected chi connectivity index (χ2v) is 8.13. The quantitative estimate of drug-likeness (QED) is 0.770. The average molecular weight is 367 g/mol. The van der Waals surface area contributed by atoms with Gasteiger partial charge in [-0.1, -0.05) is 36.4 Å². The third-order valence-electron chi connectivity index (χ3n) is 5.35. The van der Waals surface area contributed by atoms with Crippen LogP contribution in [0.4, 0.5) is 0 Å². The Labute approximate surface area is 158 Å². The van der Waals surface area contributed by atoms with E-state index in [0.29, 0.717) is 6.54 Å². The lowest BCUT2D eigenvalue weighted by molar-refractivity contribution is -0.908. The molecule has 0 radical (unpaired) electrons. The van der Waals surface area contributed by atoms with E-state index in [1.165, 1.54) is 20.7 Å². The maximum atomic E-state index is 12.8. The fourth-order valence-corrected chi connectivity index (χ4v) is 4.65. The van der Waals surface area contributed by atoms with Gasteiger partial charge in [0.1, 0.15) is 11.6 Å². The van der Waals surface area contributed by atoms with E-state index in [-0.39, 0.29) is 11.9 Å². The molecule has 26 heavy (non-hydrogen) atoms. The highest BCUT2D eigenvalue weighted by atomic mass is 32.1. The monoisotopic (exact) mass is 366 g/mol. The summed E-state index contributed by atoms with van der Waals surface area (Å²) in [6, 6.07) is 16.7.